The molecule has 1 N–H and O–H groups in total. The normalized spacial score (nSPS) is 11.9. The van der Waals surface area contributed by atoms with Crippen molar-refractivity contribution >= 4 is 27.5 Å². The van der Waals surface area contributed by atoms with Crippen molar-refractivity contribution in [3.8, 4) is 0 Å². The number of halogens is 1. The zero-order valence-electron chi connectivity index (χ0n) is 12.5. The number of hydrogen-bond acceptors (Lipinski definition) is 3. The lowest BCUT2D eigenvalue weighted by Gasteiger charge is -2.23. The van der Waals surface area contributed by atoms with Crippen LogP contribution in [0.2, 0.25) is 5.02 Å². The number of benzene rings is 1. The Labute approximate surface area is 131 Å². The Hall–Kier alpha value is -1.11. The first-order valence-electron chi connectivity index (χ1n) is 6.68. The van der Waals surface area contributed by atoms with Gasteiger partial charge in [0.2, 0.25) is 15.9 Å². The van der Waals surface area contributed by atoms with Gasteiger partial charge in [-0.1, -0.05) is 23.7 Å². The van der Waals surface area contributed by atoms with Crippen LogP contribution in [0, 0.1) is 0 Å². The summed E-state index contributed by atoms with van der Waals surface area (Å²) in [7, 11) is -3.29. The van der Waals surface area contributed by atoms with E-state index >= 15 is 0 Å². The van der Waals surface area contributed by atoms with Gasteiger partial charge < -0.3 is 5.32 Å². The van der Waals surface area contributed by atoms with Gasteiger partial charge in [0.1, 0.15) is 0 Å². The molecule has 0 atom stereocenters. The van der Waals surface area contributed by atoms with E-state index < -0.39 is 10.0 Å². The van der Waals surface area contributed by atoms with Crippen LogP contribution in [0.25, 0.3) is 0 Å². The van der Waals surface area contributed by atoms with Crippen molar-refractivity contribution in [3.63, 3.8) is 0 Å². The minimum absolute atomic E-state index is 0.138. The summed E-state index contributed by atoms with van der Waals surface area (Å²) in [6, 6.07) is 7.02. The molecule has 21 heavy (non-hydrogen) atoms. The second-order valence-corrected chi connectivity index (χ2v) is 7.49. The first-order valence-corrected chi connectivity index (χ1v) is 8.90. The van der Waals surface area contributed by atoms with Crippen molar-refractivity contribution in [1.29, 1.82) is 0 Å². The molecular formula is C14H21ClN2O3S. The Morgan fingerprint density at radius 3 is 2.33 bits per heavy atom. The third-order valence-corrected chi connectivity index (χ3v) is 4.67. The van der Waals surface area contributed by atoms with E-state index in [1.807, 2.05) is 12.1 Å². The van der Waals surface area contributed by atoms with Gasteiger partial charge in [-0.25, -0.2) is 8.42 Å². The molecule has 0 aliphatic rings. The van der Waals surface area contributed by atoms with E-state index in [1.54, 1.807) is 26.0 Å². The fourth-order valence-electron chi connectivity index (χ4n) is 1.91. The molecule has 0 unspecified atom stereocenters. The van der Waals surface area contributed by atoms with Crippen LogP contribution in [0.5, 0.6) is 0 Å². The van der Waals surface area contributed by atoms with E-state index in [9.17, 15) is 13.2 Å². The van der Waals surface area contributed by atoms with Gasteiger partial charge in [0.05, 0.1) is 6.26 Å². The highest BCUT2D eigenvalue weighted by Crippen LogP contribution is 2.09. The average Bonchev–Trinajstić information content (AvgIpc) is 2.36. The van der Waals surface area contributed by atoms with Crippen molar-refractivity contribution in [1.82, 2.24) is 9.62 Å². The zero-order chi connectivity index (χ0) is 16.0. The topological polar surface area (TPSA) is 66.5 Å². The number of carbonyl (C=O) groups excluding carboxylic acids is 1. The summed E-state index contributed by atoms with van der Waals surface area (Å²) in [6.45, 7) is 4.15. The minimum atomic E-state index is -3.29. The van der Waals surface area contributed by atoms with Crippen molar-refractivity contribution in [3.05, 3.63) is 34.9 Å². The number of carbonyl (C=O) groups is 1. The molecule has 0 bridgehead atoms. The Morgan fingerprint density at radius 1 is 1.29 bits per heavy atom. The van der Waals surface area contributed by atoms with E-state index in [0.29, 0.717) is 11.6 Å². The molecule has 0 radical (unpaired) electrons. The second kappa shape index (κ2) is 7.77. The summed E-state index contributed by atoms with van der Waals surface area (Å²) in [5, 5.41) is 3.40. The first kappa shape index (κ1) is 17.9. The molecule has 1 amide bonds. The Kier molecular flexibility index (Phi) is 6.64. The quantitative estimate of drug-likeness (QED) is 0.830. The van der Waals surface area contributed by atoms with Gasteiger partial charge in [-0.05, 0) is 31.5 Å². The number of rotatable bonds is 7. The summed E-state index contributed by atoms with van der Waals surface area (Å²) in [4.78, 5) is 11.8. The number of nitrogens with one attached hydrogen (secondary N) is 1. The lowest BCUT2D eigenvalue weighted by Crippen LogP contribution is -2.39. The second-order valence-electron chi connectivity index (χ2n) is 5.12. The molecule has 0 fully saturated rings. The Bertz CT molecular complexity index is 570. The SMILES string of the molecule is CC(C)N(CCC(=O)NCc1ccc(Cl)cc1)S(C)(=O)=O. The van der Waals surface area contributed by atoms with Gasteiger partial charge in [-0.3, -0.25) is 4.79 Å². The number of nitrogens with zero attached hydrogens (tertiary/aromatic N) is 1. The lowest BCUT2D eigenvalue weighted by molar-refractivity contribution is -0.121. The first-order chi connectivity index (χ1) is 9.70. The summed E-state index contributed by atoms with van der Waals surface area (Å²) in [5.41, 5.74) is 0.941. The molecule has 1 rings (SSSR count). The molecule has 0 saturated carbocycles. The van der Waals surface area contributed by atoms with E-state index in [1.165, 1.54) is 4.31 Å². The van der Waals surface area contributed by atoms with Crippen LogP contribution >= 0.6 is 11.6 Å². The van der Waals surface area contributed by atoms with Gasteiger partial charge in [0.25, 0.3) is 0 Å². The molecule has 5 nitrogen and oxygen atoms in total. The number of amides is 1. The van der Waals surface area contributed by atoms with Crippen LogP contribution in [0.1, 0.15) is 25.8 Å². The number of sulfonamides is 1. The largest absolute Gasteiger partial charge is 0.352 e. The third kappa shape index (κ3) is 6.46. The van der Waals surface area contributed by atoms with Gasteiger partial charge in [-0.2, -0.15) is 4.31 Å². The highest BCUT2D eigenvalue weighted by molar-refractivity contribution is 7.88. The maximum atomic E-state index is 11.8. The zero-order valence-corrected chi connectivity index (χ0v) is 14.0. The van der Waals surface area contributed by atoms with Gasteiger partial charge >= 0.3 is 0 Å². The Balaban J connectivity index is 2.45. The standard InChI is InChI=1S/C14H21ClN2O3S/c1-11(2)17(21(3,19)20)9-8-14(18)16-10-12-4-6-13(15)7-5-12/h4-7,11H,8-10H2,1-3H3,(H,16,18). The average molecular weight is 333 g/mol. The lowest BCUT2D eigenvalue weighted by atomic mass is 10.2. The third-order valence-electron chi connectivity index (χ3n) is 2.96. The predicted molar refractivity (Wildman–Crippen MR) is 84.6 cm³/mol. The fraction of sp³-hybridized carbons (Fsp3) is 0.500. The summed E-state index contributed by atoms with van der Waals surface area (Å²) in [5.74, 6) is -0.181. The van der Waals surface area contributed by atoms with Crippen molar-refractivity contribution < 1.29 is 13.2 Å². The highest BCUT2D eigenvalue weighted by Gasteiger charge is 2.20. The molecule has 0 spiro atoms. The van der Waals surface area contributed by atoms with Crippen LogP contribution < -0.4 is 5.32 Å². The molecule has 1 aromatic carbocycles. The molecular weight excluding hydrogens is 312 g/mol. The monoisotopic (exact) mass is 332 g/mol. The van der Waals surface area contributed by atoms with Gasteiger partial charge in [0, 0.05) is 30.6 Å². The van der Waals surface area contributed by atoms with Crippen LogP contribution in [0.3, 0.4) is 0 Å². The van der Waals surface area contributed by atoms with Crippen molar-refractivity contribution in [2.75, 3.05) is 12.8 Å². The van der Waals surface area contributed by atoms with Crippen LogP contribution in [0.15, 0.2) is 24.3 Å². The molecule has 7 heteroatoms. The molecule has 118 valence electrons. The van der Waals surface area contributed by atoms with Crippen LogP contribution in [-0.2, 0) is 21.4 Å². The smallest absolute Gasteiger partial charge is 0.221 e. The highest BCUT2D eigenvalue weighted by atomic mass is 35.5. The van der Waals surface area contributed by atoms with E-state index in [2.05, 4.69) is 5.32 Å². The van der Waals surface area contributed by atoms with Crippen LogP contribution in [-0.4, -0.2) is 37.5 Å². The van der Waals surface area contributed by atoms with Crippen LogP contribution in [0.4, 0.5) is 0 Å². The van der Waals surface area contributed by atoms with E-state index in [0.717, 1.165) is 11.8 Å². The van der Waals surface area contributed by atoms with Gasteiger partial charge in [-0.15, -0.1) is 0 Å². The van der Waals surface area contributed by atoms with E-state index in [-0.39, 0.29) is 24.9 Å². The molecule has 0 aromatic heterocycles. The maximum Gasteiger partial charge on any atom is 0.221 e. The molecule has 0 saturated heterocycles. The number of hydrogen-bond donors (Lipinski definition) is 1. The summed E-state index contributed by atoms with van der Waals surface area (Å²) < 4.78 is 24.5. The fourth-order valence-corrected chi connectivity index (χ4v) is 3.22. The summed E-state index contributed by atoms with van der Waals surface area (Å²) in [6.07, 6.45) is 1.29. The molecule has 0 heterocycles. The minimum Gasteiger partial charge on any atom is -0.352 e. The Morgan fingerprint density at radius 2 is 1.86 bits per heavy atom. The van der Waals surface area contributed by atoms with Gasteiger partial charge in [0.15, 0.2) is 0 Å². The van der Waals surface area contributed by atoms with Crippen molar-refractivity contribution in [2.24, 2.45) is 0 Å². The van der Waals surface area contributed by atoms with E-state index in [4.69, 9.17) is 11.6 Å². The maximum absolute atomic E-state index is 11.8. The molecule has 1 aromatic rings. The predicted octanol–water partition coefficient (Wildman–Crippen LogP) is 2.02. The summed E-state index contributed by atoms with van der Waals surface area (Å²) >= 11 is 5.78. The molecule has 0 aliphatic carbocycles. The molecule has 0 aliphatic heterocycles. The van der Waals surface area contributed by atoms with Crippen molar-refractivity contribution in [2.45, 2.75) is 32.9 Å².